The van der Waals surface area contributed by atoms with Gasteiger partial charge < -0.3 is 19.3 Å². The summed E-state index contributed by atoms with van der Waals surface area (Å²) in [5, 5.41) is 21.4. The third-order valence-electron chi connectivity index (χ3n) is 8.35. The van der Waals surface area contributed by atoms with Crippen LogP contribution < -0.4 is 19.1 Å². The lowest BCUT2D eigenvalue weighted by Gasteiger charge is -2.24. The normalized spacial score (nSPS) is 17.9. The van der Waals surface area contributed by atoms with Crippen LogP contribution in [-0.2, 0) is 28.4 Å². The minimum absolute atomic E-state index is 0.00466. The number of rotatable bonds is 11. The lowest BCUT2D eigenvalue weighted by atomic mass is 9.94. The first-order valence-corrected chi connectivity index (χ1v) is 18.2. The second kappa shape index (κ2) is 14.6. The van der Waals surface area contributed by atoms with Crippen molar-refractivity contribution in [3.8, 4) is 17.2 Å². The highest BCUT2D eigenvalue weighted by Crippen LogP contribution is 2.46. The Kier molecular flexibility index (Phi) is 9.80. The van der Waals surface area contributed by atoms with Crippen LogP contribution in [0.5, 0.6) is 17.2 Å². The SMILES string of the molecule is CCOc1cc(C2/C(=C(/O)c3ccc4c(c3)CC(C)O4)C(=O)C(=O)N2c2nnc(SCc3ccccc3Cl)s2)ccc1OCc1ccccc1. The maximum atomic E-state index is 13.9. The first-order valence-electron chi connectivity index (χ1n) is 16.0. The number of ether oxygens (including phenoxy) is 3. The number of aromatic nitrogens is 2. The molecule has 1 fully saturated rings. The van der Waals surface area contributed by atoms with E-state index in [1.165, 1.54) is 28.0 Å². The van der Waals surface area contributed by atoms with Crippen LogP contribution in [0, 0.1) is 0 Å². The summed E-state index contributed by atoms with van der Waals surface area (Å²) in [5.74, 6) is 0.255. The molecule has 1 N–H and O–H groups in total. The maximum Gasteiger partial charge on any atom is 0.301 e. The predicted molar refractivity (Wildman–Crippen MR) is 194 cm³/mol. The van der Waals surface area contributed by atoms with Gasteiger partial charge in [0, 0.05) is 22.8 Å². The lowest BCUT2D eigenvalue weighted by molar-refractivity contribution is -0.132. The van der Waals surface area contributed by atoms with E-state index < -0.39 is 17.7 Å². The largest absolute Gasteiger partial charge is 0.507 e. The summed E-state index contributed by atoms with van der Waals surface area (Å²) in [6.07, 6.45) is 0.658. The zero-order chi connectivity index (χ0) is 34.8. The number of carbonyl (C=O) groups excluding carboxylic acids is 2. The molecule has 2 atom stereocenters. The Labute approximate surface area is 302 Å². The van der Waals surface area contributed by atoms with Gasteiger partial charge in [-0.05, 0) is 72.5 Å². The molecule has 0 saturated carbocycles. The van der Waals surface area contributed by atoms with Crippen molar-refractivity contribution in [3.63, 3.8) is 0 Å². The van der Waals surface area contributed by atoms with Crippen molar-refractivity contribution in [2.24, 2.45) is 0 Å². The number of aliphatic hydroxyl groups excluding tert-OH is 1. The molecule has 4 aromatic carbocycles. The number of hydrogen-bond donors (Lipinski definition) is 1. The van der Waals surface area contributed by atoms with Gasteiger partial charge in [-0.3, -0.25) is 14.5 Å². The molecular formula is C38H32ClN3O6S2. The van der Waals surface area contributed by atoms with Gasteiger partial charge in [0.25, 0.3) is 5.78 Å². The van der Waals surface area contributed by atoms with Gasteiger partial charge in [0.05, 0.1) is 18.2 Å². The molecule has 12 heteroatoms. The number of fused-ring (bicyclic) bond motifs is 1. The minimum Gasteiger partial charge on any atom is -0.507 e. The highest BCUT2D eigenvalue weighted by atomic mass is 35.5. The summed E-state index contributed by atoms with van der Waals surface area (Å²) in [6, 6.07) is 26.8. The van der Waals surface area contributed by atoms with Crippen molar-refractivity contribution in [1.29, 1.82) is 0 Å². The Bertz CT molecular complexity index is 2100. The monoisotopic (exact) mass is 725 g/mol. The molecule has 0 spiro atoms. The molecular weight excluding hydrogens is 694 g/mol. The number of ketones is 1. The summed E-state index contributed by atoms with van der Waals surface area (Å²) in [6.45, 7) is 4.50. The van der Waals surface area contributed by atoms with Gasteiger partial charge >= 0.3 is 5.91 Å². The number of carbonyl (C=O) groups is 2. The first kappa shape index (κ1) is 33.6. The molecule has 1 aromatic heterocycles. The third kappa shape index (κ3) is 6.81. The maximum absolute atomic E-state index is 13.9. The molecule has 2 unspecified atom stereocenters. The van der Waals surface area contributed by atoms with Crippen molar-refractivity contribution < 1.29 is 28.9 Å². The van der Waals surface area contributed by atoms with Crippen LogP contribution in [0.15, 0.2) is 101 Å². The van der Waals surface area contributed by atoms with Crippen LogP contribution in [0.1, 0.15) is 47.7 Å². The van der Waals surface area contributed by atoms with Crippen LogP contribution in [0.4, 0.5) is 5.13 Å². The van der Waals surface area contributed by atoms with Crippen molar-refractivity contribution in [2.75, 3.05) is 11.5 Å². The van der Waals surface area contributed by atoms with Crippen molar-refractivity contribution in [1.82, 2.24) is 10.2 Å². The number of thioether (sulfide) groups is 1. The number of anilines is 1. The van der Waals surface area contributed by atoms with Crippen molar-refractivity contribution >= 4 is 57.3 Å². The Morgan fingerprint density at radius 3 is 2.60 bits per heavy atom. The second-order valence-corrected chi connectivity index (χ2v) is 14.4. The van der Waals surface area contributed by atoms with E-state index in [0.717, 1.165) is 22.4 Å². The fourth-order valence-corrected chi connectivity index (χ4v) is 8.15. The summed E-state index contributed by atoms with van der Waals surface area (Å²) in [4.78, 5) is 29.1. The fourth-order valence-electron chi connectivity index (χ4n) is 6.00. The minimum atomic E-state index is -1.03. The summed E-state index contributed by atoms with van der Waals surface area (Å²) < 4.78 is 18.6. The van der Waals surface area contributed by atoms with Gasteiger partial charge in [0.2, 0.25) is 5.13 Å². The summed E-state index contributed by atoms with van der Waals surface area (Å²) in [5.41, 5.74) is 3.70. The Morgan fingerprint density at radius 1 is 1.00 bits per heavy atom. The Balaban J connectivity index is 1.28. The summed E-state index contributed by atoms with van der Waals surface area (Å²) in [7, 11) is 0. The van der Waals surface area contributed by atoms with Crippen LogP contribution in [0.25, 0.3) is 5.76 Å². The standard InChI is InChI=1S/C38H32ClN3O6S2/c1-3-46-31-19-24(13-16-30(31)47-20-23-9-5-4-6-10-23)33-32(34(43)25-14-15-29-27(18-25)17-22(2)48-29)35(44)36(45)42(33)37-40-41-38(50-37)49-21-26-11-7-8-12-28(26)39/h4-16,18-19,22,33,43H,3,17,20-21H2,1-2H3/b34-32-. The van der Waals surface area contributed by atoms with E-state index >= 15 is 0 Å². The zero-order valence-corrected chi connectivity index (χ0v) is 29.6. The van der Waals surface area contributed by atoms with Crippen LogP contribution in [0.2, 0.25) is 5.02 Å². The third-order valence-corrected chi connectivity index (χ3v) is 10.8. The number of benzene rings is 4. The van der Waals surface area contributed by atoms with E-state index in [4.69, 9.17) is 25.8 Å². The van der Waals surface area contributed by atoms with Gasteiger partial charge in [-0.2, -0.15) is 0 Å². The van der Waals surface area contributed by atoms with E-state index in [0.29, 0.717) is 57.4 Å². The molecule has 254 valence electrons. The van der Waals surface area contributed by atoms with Gasteiger partial charge in [0.15, 0.2) is 15.8 Å². The molecule has 2 aliphatic heterocycles. The van der Waals surface area contributed by atoms with Crippen molar-refractivity contribution in [2.45, 2.75) is 49.1 Å². The van der Waals surface area contributed by atoms with E-state index in [-0.39, 0.29) is 22.6 Å². The van der Waals surface area contributed by atoms with E-state index in [9.17, 15) is 14.7 Å². The topological polar surface area (TPSA) is 111 Å². The molecule has 9 nitrogen and oxygen atoms in total. The van der Waals surface area contributed by atoms with E-state index in [1.807, 2.05) is 68.4 Å². The molecule has 0 bridgehead atoms. The molecule has 0 aliphatic carbocycles. The molecule has 2 aliphatic rings. The molecule has 7 rings (SSSR count). The molecule has 5 aromatic rings. The number of Topliss-reactive ketones (excluding diaryl/α,β-unsaturated/α-hetero) is 1. The number of halogens is 1. The number of aliphatic hydroxyl groups is 1. The molecule has 0 radical (unpaired) electrons. The van der Waals surface area contributed by atoms with Crippen LogP contribution in [-0.4, -0.2) is 39.7 Å². The molecule has 1 saturated heterocycles. The highest BCUT2D eigenvalue weighted by molar-refractivity contribution is 8.00. The van der Waals surface area contributed by atoms with E-state index in [2.05, 4.69) is 10.2 Å². The highest BCUT2D eigenvalue weighted by Gasteiger charge is 2.48. The number of amides is 1. The average molecular weight is 726 g/mol. The smallest absolute Gasteiger partial charge is 0.301 e. The Hall–Kier alpha value is -4.84. The van der Waals surface area contributed by atoms with Gasteiger partial charge in [-0.25, -0.2) is 0 Å². The molecule has 1 amide bonds. The zero-order valence-electron chi connectivity index (χ0n) is 27.2. The first-order chi connectivity index (χ1) is 24.3. The lowest BCUT2D eigenvalue weighted by Crippen LogP contribution is -2.29. The fraction of sp³-hybridized carbons (Fsp3) is 0.211. The number of hydrogen-bond acceptors (Lipinski definition) is 10. The number of nitrogens with zero attached hydrogens (tertiary/aromatic N) is 3. The van der Waals surface area contributed by atoms with Gasteiger partial charge in [0.1, 0.15) is 24.2 Å². The summed E-state index contributed by atoms with van der Waals surface area (Å²) >= 11 is 8.97. The van der Waals surface area contributed by atoms with Crippen LogP contribution in [0.3, 0.4) is 0 Å². The van der Waals surface area contributed by atoms with E-state index in [1.54, 1.807) is 36.4 Å². The van der Waals surface area contributed by atoms with Gasteiger partial charge in [-0.1, -0.05) is 89.3 Å². The Morgan fingerprint density at radius 2 is 1.80 bits per heavy atom. The molecule has 3 heterocycles. The van der Waals surface area contributed by atoms with Crippen molar-refractivity contribution in [3.05, 3.63) is 129 Å². The second-order valence-electron chi connectivity index (χ2n) is 11.8. The molecule has 50 heavy (non-hydrogen) atoms. The quantitative estimate of drug-likeness (QED) is 0.0472. The van der Waals surface area contributed by atoms with Gasteiger partial charge in [-0.15, -0.1) is 10.2 Å². The van der Waals surface area contributed by atoms with Crippen LogP contribution >= 0.6 is 34.7 Å². The predicted octanol–water partition coefficient (Wildman–Crippen LogP) is 8.41. The average Bonchev–Trinajstić information content (AvgIpc) is 3.82.